The highest BCUT2D eigenvalue weighted by atomic mass is 79.9. The van der Waals surface area contributed by atoms with E-state index < -0.39 is 0 Å². The molecule has 0 fully saturated rings. The zero-order chi connectivity index (χ0) is 8.72. The predicted molar refractivity (Wildman–Crippen MR) is 54.3 cm³/mol. The predicted octanol–water partition coefficient (Wildman–Crippen LogP) is 2.34. The summed E-state index contributed by atoms with van der Waals surface area (Å²) in [4.78, 5) is 9.28. The lowest BCUT2D eigenvalue weighted by Crippen LogP contribution is -1.83. The third-order valence-electron chi connectivity index (χ3n) is 1.53. The summed E-state index contributed by atoms with van der Waals surface area (Å²) < 4.78 is 0.905. The van der Waals surface area contributed by atoms with Crippen LogP contribution >= 0.6 is 27.3 Å². The van der Waals surface area contributed by atoms with Crippen LogP contribution in [0.5, 0.6) is 0 Å². The Labute approximate surface area is 81.8 Å². The molecule has 12 heavy (non-hydrogen) atoms. The number of nitrogens with zero attached hydrogens (tertiary/aromatic N) is 2. The summed E-state index contributed by atoms with van der Waals surface area (Å²) in [7, 11) is 0. The van der Waals surface area contributed by atoms with Gasteiger partial charge in [-0.15, -0.1) is 0 Å². The molecule has 0 aromatic carbocycles. The molecule has 0 aliphatic heterocycles. The Kier molecular flexibility index (Phi) is 1.77. The van der Waals surface area contributed by atoms with Gasteiger partial charge in [0.15, 0.2) is 0 Å². The molecule has 0 atom stereocenters. The van der Waals surface area contributed by atoms with Gasteiger partial charge in [-0.3, -0.25) is 0 Å². The van der Waals surface area contributed by atoms with Crippen molar-refractivity contribution in [3.63, 3.8) is 0 Å². The first-order valence-electron chi connectivity index (χ1n) is 3.35. The lowest BCUT2D eigenvalue weighted by atomic mass is 10.4. The normalized spacial score (nSPS) is 10.8. The quantitative estimate of drug-likeness (QED) is 0.773. The molecule has 2 rings (SSSR count). The maximum absolute atomic E-state index is 5.71. The third-order valence-corrected chi connectivity index (χ3v) is 3.58. The molecule has 2 aromatic rings. The molecule has 5 heteroatoms. The fourth-order valence-corrected chi connectivity index (χ4v) is 2.47. The van der Waals surface area contributed by atoms with E-state index in [-0.39, 0.29) is 0 Å². The smallest absolute Gasteiger partial charge is 0.130 e. The maximum Gasteiger partial charge on any atom is 0.130 e. The minimum Gasteiger partial charge on any atom is -0.390 e. The fraction of sp³-hybridized carbons (Fsp3) is 0.143. The van der Waals surface area contributed by atoms with Gasteiger partial charge in [0.2, 0.25) is 0 Å². The SMILES string of the molecule is Cc1ncc2c(Br)c(N)sc2n1. The van der Waals surface area contributed by atoms with Gasteiger partial charge < -0.3 is 5.73 Å². The number of aromatic nitrogens is 2. The van der Waals surface area contributed by atoms with Gasteiger partial charge >= 0.3 is 0 Å². The first-order chi connectivity index (χ1) is 5.68. The molecule has 0 bridgehead atoms. The van der Waals surface area contributed by atoms with Gasteiger partial charge in [0.1, 0.15) is 15.7 Å². The fourth-order valence-electron chi connectivity index (χ4n) is 0.959. The topological polar surface area (TPSA) is 51.8 Å². The highest BCUT2D eigenvalue weighted by molar-refractivity contribution is 9.10. The van der Waals surface area contributed by atoms with Gasteiger partial charge in [-0.25, -0.2) is 9.97 Å². The second kappa shape index (κ2) is 2.67. The number of hydrogen-bond acceptors (Lipinski definition) is 4. The number of nitrogens with two attached hydrogens (primary N) is 1. The number of thiophene rings is 1. The number of fused-ring (bicyclic) bond motifs is 1. The van der Waals surface area contributed by atoms with E-state index in [2.05, 4.69) is 25.9 Å². The lowest BCUT2D eigenvalue weighted by Gasteiger charge is -1.90. The van der Waals surface area contributed by atoms with Crippen molar-refractivity contribution < 1.29 is 0 Å². The Morgan fingerprint density at radius 1 is 1.58 bits per heavy atom. The van der Waals surface area contributed by atoms with Crippen molar-refractivity contribution in [2.75, 3.05) is 5.73 Å². The molecule has 0 amide bonds. The van der Waals surface area contributed by atoms with Crippen molar-refractivity contribution in [1.29, 1.82) is 0 Å². The van der Waals surface area contributed by atoms with Crippen LogP contribution in [0.25, 0.3) is 10.2 Å². The number of hydrogen-bond donors (Lipinski definition) is 1. The second-order valence-corrected chi connectivity index (χ2v) is 4.24. The standard InChI is InChI=1S/C7H6BrN3S/c1-3-10-2-4-5(8)6(9)12-7(4)11-3/h2H,9H2,1H3. The van der Waals surface area contributed by atoms with Crippen LogP contribution in [0.1, 0.15) is 5.82 Å². The van der Waals surface area contributed by atoms with Gasteiger partial charge in [-0.05, 0) is 22.9 Å². The van der Waals surface area contributed by atoms with E-state index in [1.54, 1.807) is 6.20 Å². The van der Waals surface area contributed by atoms with Gasteiger partial charge in [0.25, 0.3) is 0 Å². The molecule has 0 radical (unpaired) electrons. The Balaban J connectivity index is 2.87. The van der Waals surface area contributed by atoms with Crippen LogP contribution in [0.15, 0.2) is 10.7 Å². The van der Waals surface area contributed by atoms with Crippen LogP contribution in [0.4, 0.5) is 5.00 Å². The molecule has 0 aliphatic rings. The van der Waals surface area contributed by atoms with Crippen LogP contribution in [-0.2, 0) is 0 Å². The summed E-state index contributed by atoms with van der Waals surface area (Å²) in [6.07, 6.45) is 1.79. The number of rotatable bonds is 0. The Hall–Kier alpha value is -0.680. The van der Waals surface area contributed by atoms with E-state index in [1.165, 1.54) is 11.3 Å². The molecule has 0 spiro atoms. The Bertz CT molecular complexity index is 437. The van der Waals surface area contributed by atoms with Crippen LogP contribution < -0.4 is 5.73 Å². The van der Waals surface area contributed by atoms with Crippen molar-refractivity contribution in [3.05, 3.63) is 16.5 Å². The van der Waals surface area contributed by atoms with Crippen molar-refractivity contribution in [2.24, 2.45) is 0 Å². The average molecular weight is 244 g/mol. The van der Waals surface area contributed by atoms with E-state index in [0.29, 0.717) is 0 Å². The number of aryl methyl sites for hydroxylation is 1. The summed E-state index contributed by atoms with van der Waals surface area (Å²) in [6, 6.07) is 0. The molecule has 3 nitrogen and oxygen atoms in total. The molecule has 2 aromatic heterocycles. The Morgan fingerprint density at radius 2 is 2.33 bits per heavy atom. The van der Waals surface area contributed by atoms with Gasteiger partial charge in [-0.2, -0.15) is 0 Å². The van der Waals surface area contributed by atoms with Crippen LogP contribution in [0.2, 0.25) is 0 Å². The Morgan fingerprint density at radius 3 is 3.08 bits per heavy atom. The van der Waals surface area contributed by atoms with Crippen LogP contribution in [0.3, 0.4) is 0 Å². The third kappa shape index (κ3) is 1.09. The molecule has 0 aliphatic carbocycles. The molecule has 2 heterocycles. The minimum atomic E-state index is 0.755. The van der Waals surface area contributed by atoms with Gasteiger partial charge in [-0.1, -0.05) is 11.3 Å². The van der Waals surface area contributed by atoms with Gasteiger partial charge in [0.05, 0.1) is 4.47 Å². The van der Waals surface area contributed by atoms with Crippen molar-refractivity contribution >= 4 is 42.5 Å². The van der Waals surface area contributed by atoms with Crippen molar-refractivity contribution in [1.82, 2.24) is 9.97 Å². The summed E-state index contributed by atoms with van der Waals surface area (Å²) in [5.41, 5.74) is 5.71. The molecule has 62 valence electrons. The second-order valence-electron chi connectivity index (χ2n) is 2.42. The van der Waals surface area contributed by atoms with E-state index in [9.17, 15) is 0 Å². The summed E-state index contributed by atoms with van der Waals surface area (Å²) in [5.74, 6) is 0.774. The molecular weight excluding hydrogens is 238 g/mol. The average Bonchev–Trinajstić information content (AvgIpc) is 2.28. The summed E-state index contributed by atoms with van der Waals surface area (Å²) >= 11 is 4.85. The number of nitrogen functional groups attached to an aromatic ring is 1. The zero-order valence-corrected chi connectivity index (χ0v) is 8.74. The number of anilines is 1. The van der Waals surface area contributed by atoms with Crippen molar-refractivity contribution in [2.45, 2.75) is 6.92 Å². The highest BCUT2D eigenvalue weighted by Crippen LogP contribution is 2.35. The largest absolute Gasteiger partial charge is 0.390 e. The summed E-state index contributed by atoms with van der Waals surface area (Å²) in [6.45, 7) is 1.86. The molecule has 2 N–H and O–H groups in total. The monoisotopic (exact) mass is 243 g/mol. The van der Waals surface area contributed by atoms with Crippen LogP contribution in [-0.4, -0.2) is 9.97 Å². The van der Waals surface area contributed by atoms with Crippen molar-refractivity contribution in [3.8, 4) is 0 Å². The molecule has 0 saturated carbocycles. The summed E-state index contributed by atoms with van der Waals surface area (Å²) in [5, 5.41) is 1.74. The van der Waals surface area contributed by atoms with E-state index in [4.69, 9.17) is 5.73 Å². The van der Waals surface area contributed by atoms with Crippen LogP contribution in [0, 0.1) is 6.92 Å². The molecular formula is C7H6BrN3S. The number of halogens is 1. The lowest BCUT2D eigenvalue weighted by molar-refractivity contribution is 1.10. The minimum absolute atomic E-state index is 0.755. The van der Waals surface area contributed by atoms with Gasteiger partial charge in [0, 0.05) is 11.6 Å². The highest BCUT2D eigenvalue weighted by Gasteiger charge is 2.07. The van der Waals surface area contributed by atoms with E-state index in [0.717, 1.165) is 25.5 Å². The molecule has 0 unspecified atom stereocenters. The molecule has 0 saturated heterocycles. The first-order valence-corrected chi connectivity index (χ1v) is 4.96. The van der Waals surface area contributed by atoms with E-state index >= 15 is 0 Å². The first kappa shape index (κ1) is 7.94. The van der Waals surface area contributed by atoms with E-state index in [1.807, 2.05) is 6.92 Å². The maximum atomic E-state index is 5.71. The zero-order valence-electron chi connectivity index (χ0n) is 6.34.